The van der Waals surface area contributed by atoms with Crippen LogP contribution in [0, 0.1) is 0 Å². The molecule has 0 saturated carbocycles. The fraction of sp³-hybridized carbons (Fsp3) is 0.625. The summed E-state index contributed by atoms with van der Waals surface area (Å²) in [6, 6.07) is 6.17. The molecule has 0 amide bonds. The van der Waals surface area contributed by atoms with Crippen LogP contribution in [-0.4, -0.2) is 55.7 Å². The summed E-state index contributed by atoms with van der Waals surface area (Å²) in [5.74, 6) is 0.799. The Morgan fingerprint density at radius 1 is 1.10 bits per heavy atom. The standard InChI is InChI=1S/C16H27N3O/c1-3-18-9-11-19(12-10-18)8-7-14-5-6-16(20-4-2)15(17)13-14/h5-6,13H,3-4,7-12,17H2,1-2H3. The fourth-order valence-corrected chi connectivity index (χ4v) is 2.66. The van der Waals surface area contributed by atoms with E-state index in [1.807, 2.05) is 19.1 Å². The average Bonchev–Trinajstić information content (AvgIpc) is 2.48. The molecule has 2 rings (SSSR count). The molecule has 0 spiro atoms. The number of nitrogens with zero attached hydrogens (tertiary/aromatic N) is 2. The molecule has 20 heavy (non-hydrogen) atoms. The van der Waals surface area contributed by atoms with Crippen molar-refractivity contribution in [1.29, 1.82) is 0 Å². The van der Waals surface area contributed by atoms with E-state index < -0.39 is 0 Å². The Bertz CT molecular complexity index is 414. The smallest absolute Gasteiger partial charge is 0.142 e. The van der Waals surface area contributed by atoms with Gasteiger partial charge in [0, 0.05) is 32.7 Å². The van der Waals surface area contributed by atoms with Gasteiger partial charge in [0.1, 0.15) is 5.75 Å². The molecule has 1 saturated heterocycles. The molecule has 4 heteroatoms. The lowest BCUT2D eigenvalue weighted by Gasteiger charge is -2.34. The molecule has 0 aromatic heterocycles. The van der Waals surface area contributed by atoms with Crippen LogP contribution in [0.3, 0.4) is 0 Å². The van der Waals surface area contributed by atoms with Crippen molar-refractivity contribution >= 4 is 5.69 Å². The monoisotopic (exact) mass is 277 g/mol. The third kappa shape index (κ3) is 4.12. The van der Waals surface area contributed by atoms with Gasteiger partial charge in [-0.15, -0.1) is 0 Å². The predicted molar refractivity (Wildman–Crippen MR) is 84.3 cm³/mol. The van der Waals surface area contributed by atoms with Crippen LogP contribution in [-0.2, 0) is 6.42 Å². The van der Waals surface area contributed by atoms with Gasteiger partial charge in [0.2, 0.25) is 0 Å². The van der Waals surface area contributed by atoms with Gasteiger partial charge in [0.05, 0.1) is 12.3 Å². The van der Waals surface area contributed by atoms with Gasteiger partial charge in [-0.25, -0.2) is 0 Å². The van der Waals surface area contributed by atoms with E-state index in [4.69, 9.17) is 10.5 Å². The third-order valence-corrected chi connectivity index (χ3v) is 4.00. The lowest BCUT2D eigenvalue weighted by Crippen LogP contribution is -2.46. The van der Waals surface area contributed by atoms with E-state index in [1.165, 1.54) is 38.3 Å². The summed E-state index contributed by atoms with van der Waals surface area (Å²) in [6.07, 6.45) is 1.06. The van der Waals surface area contributed by atoms with Crippen LogP contribution in [0.25, 0.3) is 0 Å². The molecule has 1 aromatic carbocycles. The molecule has 0 unspecified atom stereocenters. The normalized spacial score (nSPS) is 17.3. The highest BCUT2D eigenvalue weighted by molar-refractivity contribution is 5.54. The van der Waals surface area contributed by atoms with Gasteiger partial charge < -0.3 is 20.3 Å². The van der Waals surface area contributed by atoms with Crippen molar-refractivity contribution in [2.24, 2.45) is 0 Å². The SMILES string of the molecule is CCOc1ccc(CCN2CCN(CC)CC2)cc1N. The first kappa shape index (κ1) is 15.1. The van der Waals surface area contributed by atoms with Crippen molar-refractivity contribution in [3.05, 3.63) is 23.8 Å². The van der Waals surface area contributed by atoms with Crippen LogP contribution in [0.2, 0.25) is 0 Å². The molecule has 0 bridgehead atoms. The van der Waals surface area contributed by atoms with Gasteiger partial charge in [0.25, 0.3) is 0 Å². The molecule has 2 N–H and O–H groups in total. The molecule has 4 nitrogen and oxygen atoms in total. The number of ether oxygens (including phenoxy) is 1. The quantitative estimate of drug-likeness (QED) is 0.806. The highest BCUT2D eigenvalue weighted by atomic mass is 16.5. The van der Waals surface area contributed by atoms with Crippen molar-refractivity contribution in [2.45, 2.75) is 20.3 Å². The van der Waals surface area contributed by atoms with Crippen LogP contribution >= 0.6 is 0 Å². The van der Waals surface area contributed by atoms with E-state index in [0.717, 1.165) is 24.4 Å². The molecular weight excluding hydrogens is 250 g/mol. The molecule has 1 heterocycles. The summed E-state index contributed by atoms with van der Waals surface area (Å²) in [4.78, 5) is 5.05. The Morgan fingerprint density at radius 3 is 2.40 bits per heavy atom. The van der Waals surface area contributed by atoms with Crippen LogP contribution in [0.1, 0.15) is 19.4 Å². The molecule has 0 radical (unpaired) electrons. The zero-order chi connectivity index (χ0) is 14.4. The van der Waals surface area contributed by atoms with E-state index in [0.29, 0.717) is 6.61 Å². The highest BCUT2D eigenvalue weighted by Gasteiger charge is 2.15. The first-order valence-electron chi connectivity index (χ1n) is 7.68. The number of benzene rings is 1. The summed E-state index contributed by atoms with van der Waals surface area (Å²) >= 11 is 0. The van der Waals surface area contributed by atoms with Crippen molar-refractivity contribution in [1.82, 2.24) is 9.80 Å². The first-order chi connectivity index (χ1) is 9.72. The van der Waals surface area contributed by atoms with E-state index in [-0.39, 0.29) is 0 Å². The Morgan fingerprint density at radius 2 is 1.80 bits per heavy atom. The van der Waals surface area contributed by atoms with Crippen molar-refractivity contribution < 1.29 is 4.74 Å². The summed E-state index contributed by atoms with van der Waals surface area (Å²) in [6.45, 7) is 11.9. The Balaban J connectivity index is 1.81. The molecule has 0 aliphatic carbocycles. The minimum absolute atomic E-state index is 0.658. The molecule has 112 valence electrons. The molecular formula is C16H27N3O. The number of piperazine rings is 1. The van der Waals surface area contributed by atoms with Gasteiger partial charge in [-0.05, 0) is 37.6 Å². The van der Waals surface area contributed by atoms with E-state index in [9.17, 15) is 0 Å². The van der Waals surface area contributed by atoms with Crippen molar-refractivity contribution in [2.75, 3.05) is 51.6 Å². The van der Waals surface area contributed by atoms with Crippen LogP contribution in [0.15, 0.2) is 18.2 Å². The second-order valence-corrected chi connectivity index (χ2v) is 5.33. The summed E-state index contributed by atoms with van der Waals surface area (Å²) in [5, 5.41) is 0. The van der Waals surface area contributed by atoms with Crippen LogP contribution < -0.4 is 10.5 Å². The zero-order valence-corrected chi connectivity index (χ0v) is 12.8. The number of anilines is 1. The molecule has 1 aliphatic heterocycles. The van der Waals surface area contributed by atoms with Crippen molar-refractivity contribution in [3.8, 4) is 5.75 Å². The largest absolute Gasteiger partial charge is 0.492 e. The lowest BCUT2D eigenvalue weighted by molar-refractivity contribution is 0.138. The minimum Gasteiger partial charge on any atom is -0.492 e. The molecule has 1 aromatic rings. The predicted octanol–water partition coefficient (Wildman–Crippen LogP) is 1.85. The molecule has 0 atom stereocenters. The number of rotatable bonds is 6. The second kappa shape index (κ2) is 7.50. The van der Waals surface area contributed by atoms with Gasteiger partial charge in [-0.1, -0.05) is 13.0 Å². The third-order valence-electron chi connectivity index (χ3n) is 4.00. The Kier molecular flexibility index (Phi) is 5.68. The van der Waals surface area contributed by atoms with Gasteiger partial charge in [-0.2, -0.15) is 0 Å². The maximum Gasteiger partial charge on any atom is 0.142 e. The highest BCUT2D eigenvalue weighted by Crippen LogP contribution is 2.22. The van der Waals surface area contributed by atoms with Crippen LogP contribution in [0.4, 0.5) is 5.69 Å². The Labute approximate surface area is 122 Å². The zero-order valence-electron chi connectivity index (χ0n) is 12.8. The van der Waals surface area contributed by atoms with E-state index >= 15 is 0 Å². The number of likely N-dealkylation sites (N-methyl/N-ethyl adjacent to an activating group) is 1. The van der Waals surface area contributed by atoms with Gasteiger partial charge >= 0.3 is 0 Å². The fourth-order valence-electron chi connectivity index (χ4n) is 2.66. The summed E-state index contributed by atoms with van der Waals surface area (Å²) in [7, 11) is 0. The number of hydrogen-bond acceptors (Lipinski definition) is 4. The van der Waals surface area contributed by atoms with Crippen LogP contribution in [0.5, 0.6) is 5.75 Å². The van der Waals surface area contributed by atoms with Crippen molar-refractivity contribution in [3.63, 3.8) is 0 Å². The Hall–Kier alpha value is -1.26. The second-order valence-electron chi connectivity index (χ2n) is 5.33. The number of nitrogen functional groups attached to an aromatic ring is 1. The summed E-state index contributed by atoms with van der Waals surface area (Å²) < 4.78 is 5.47. The molecule has 1 fully saturated rings. The maximum atomic E-state index is 6.01. The maximum absolute atomic E-state index is 6.01. The van der Waals surface area contributed by atoms with Gasteiger partial charge in [-0.3, -0.25) is 0 Å². The van der Waals surface area contributed by atoms with E-state index in [1.54, 1.807) is 0 Å². The first-order valence-corrected chi connectivity index (χ1v) is 7.68. The number of hydrogen-bond donors (Lipinski definition) is 1. The lowest BCUT2D eigenvalue weighted by atomic mass is 10.1. The number of nitrogens with two attached hydrogens (primary N) is 1. The average molecular weight is 277 g/mol. The topological polar surface area (TPSA) is 41.7 Å². The van der Waals surface area contributed by atoms with Gasteiger partial charge in [0.15, 0.2) is 0 Å². The molecule has 1 aliphatic rings. The van der Waals surface area contributed by atoms with E-state index in [2.05, 4.69) is 22.8 Å². The minimum atomic E-state index is 0.658. The summed E-state index contributed by atoms with van der Waals surface area (Å²) in [5.41, 5.74) is 8.05.